The molecular formula is C17H14ClN3O2. The van der Waals surface area contributed by atoms with Crippen LogP contribution in [0.15, 0.2) is 36.4 Å². The number of aromatic carboxylic acids is 1. The summed E-state index contributed by atoms with van der Waals surface area (Å²) in [4.78, 5) is 10.9. The third kappa shape index (κ3) is 2.57. The van der Waals surface area contributed by atoms with Crippen LogP contribution in [0.5, 0.6) is 0 Å². The number of carbonyl (C=O) groups is 1. The van der Waals surface area contributed by atoms with E-state index >= 15 is 0 Å². The molecule has 0 atom stereocenters. The highest BCUT2D eigenvalue weighted by Crippen LogP contribution is 2.35. The Bertz CT molecular complexity index is 898. The largest absolute Gasteiger partial charge is 0.478 e. The first-order valence-electron chi connectivity index (χ1n) is 7.49. The summed E-state index contributed by atoms with van der Waals surface area (Å²) in [6.07, 6.45) is 2.51. The Kier molecular flexibility index (Phi) is 3.31. The molecule has 1 aliphatic carbocycles. The molecule has 3 aromatic rings. The van der Waals surface area contributed by atoms with Gasteiger partial charge < -0.3 is 5.11 Å². The molecule has 0 unspecified atom stereocenters. The minimum Gasteiger partial charge on any atom is -0.478 e. The fraction of sp³-hybridized carbons (Fsp3) is 0.235. The normalized spacial score (nSPS) is 14.3. The fourth-order valence-electron chi connectivity index (χ4n) is 2.70. The van der Waals surface area contributed by atoms with E-state index in [4.69, 9.17) is 16.7 Å². The number of hydrogen-bond acceptors (Lipinski definition) is 3. The average molecular weight is 328 g/mol. The van der Waals surface area contributed by atoms with Crippen molar-refractivity contribution in [1.29, 1.82) is 0 Å². The molecule has 1 heterocycles. The first-order valence-corrected chi connectivity index (χ1v) is 7.86. The van der Waals surface area contributed by atoms with E-state index in [0.717, 1.165) is 23.2 Å². The van der Waals surface area contributed by atoms with Gasteiger partial charge in [-0.15, -0.1) is 5.10 Å². The lowest BCUT2D eigenvalue weighted by Crippen LogP contribution is -2.01. The summed E-state index contributed by atoms with van der Waals surface area (Å²) in [5, 5.41) is 18.0. The first kappa shape index (κ1) is 14.2. The average Bonchev–Trinajstić information content (AvgIpc) is 3.27. The van der Waals surface area contributed by atoms with Gasteiger partial charge in [-0.1, -0.05) is 35.0 Å². The van der Waals surface area contributed by atoms with Gasteiger partial charge in [-0.2, -0.15) is 0 Å². The number of halogens is 1. The molecule has 0 aliphatic heterocycles. The Hall–Kier alpha value is -2.40. The van der Waals surface area contributed by atoms with Gasteiger partial charge in [0.15, 0.2) is 0 Å². The summed E-state index contributed by atoms with van der Waals surface area (Å²) >= 11 is 6.51. The summed E-state index contributed by atoms with van der Waals surface area (Å²) < 4.78 is 1.91. The Labute approximate surface area is 137 Å². The van der Waals surface area contributed by atoms with Crippen LogP contribution in [-0.2, 0) is 6.54 Å². The molecule has 0 spiro atoms. The highest BCUT2D eigenvalue weighted by molar-refractivity contribution is 6.37. The number of benzene rings is 2. The third-order valence-corrected chi connectivity index (χ3v) is 4.58. The lowest BCUT2D eigenvalue weighted by molar-refractivity contribution is 0.0697. The smallest absolute Gasteiger partial charge is 0.335 e. The van der Waals surface area contributed by atoms with Crippen LogP contribution < -0.4 is 0 Å². The Morgan fingerprint density at radius 1 is 1.22 bits per heavy atom. The van der Waals surface area contributed by atoms with E-state index in [0.29, 0.717) is 16.5 Å². The molecule has 1 fully saturated rings. The van der Waals surface area contributed by atoms with Crippen LogP contribution >= 0.6 is 11.6 Å². The van der Waals surface area contributed by atoms with Crippen LogP contribution in [0.25, 0.3) is 22.2 Å². The van der Waals surface area contributed by atoms with Crippen molar-refractivity contribution in [3.05, 3.63) is 47.0 Å². The van der Waals surface area contributed by atoms with Crippen molar-refractivity contribution in [2.24, 2.45) is 5.92 Å². The van der Waals surface area contributed by atoms with Gasteiger partial charge in [-0.05, 0) is 42.5 Å². The molecule has 0 radical (unpaired) electrons. The van der Waals surface area contributed by atoms with Crippen molar-refractivity contribution >= 4 is 28.6 Å². The minimum atomic E-state index is -0.943. The number of aromatic nitrogens is 3. The summed E-state index contributed by atoms with van der Waals surface area (Å²) in [6.45, 7) is 0.888. The number of fused-ring (bicyclic) bond motifs is 1. The zero-order chi connectivity index (χ0) is 16.0. The molecule has 4 rings (SSSR count). The zero-order valence-electron chi connectivity index (χ0n) is 12.2. The van der Waals surface area contributed by atoms with Crippen LogP contribution in [0.2, 0.25) is 5.02 Å². The van der Waals surface area contributed by atoms with Gasteiger partial charge in [0.25, 0.3) is 0 Å². The highest BCUT2D eigenvalue weighted by Gasteiger charge is 2.23. The maximum absolute atomic E-state index is 10.9. The predicted octanol–water partition coefficient (Wildman–Crippen LogP) is 3.86. The van der Waals surface area contributed by atoms with Gasteiger partial charge in [0.2, 0.25) is 0 Å². The molecule has 0 amide bonds. The Balaban J connectivity index is 1.75. The SMILES string of the molecule is O=C(O)c1ccc(-c2ccc3c(nnn3CC3CC3)c2Cl)cc1. The number of nitrogens with zero attached hydrogens (tertiary/aromatic N) is 3. The van der Waals surface area contributed by atoms with Crippen molar-refractivity contribution in [3.63, 3.8) is 0 Å². The summed E-state index contributed by atoms with van der Waals surface area (Å²) in [5.41, 5.74) is 3.56. The second-order valence-corrected chi connectivity index (χ2v) is 6.27. The van der Waals surface area contributed by atoms with E-state index in [1.807, 2.05) is 16.8 Å². The molecule has 5 nitrogen and oxygen atoms in total. The molecule has 2 aromatic carbocycles. The van der Waals surface area contributed by atoms with Gasteiger partial charge >= 0.3 is 5.97 Å². The lowest BCUT2D eigenvalue weighted by Gasteiger charge is -2.06. The number of hydrogen-bond donors (Lipinski definition) is 1. The summed E-state index contributed by atoms with van der Waals surface area (Å²) in [6, 6.07) is 10.6. The van der Waals surface area contributed by atoms with E-state index in [9.17, 15) is 4.79 Å². The van der Waals surface area contributed by atoms with Gasteiger partial charge in [0, 0.05) is 12.1 Å². The second kappa shape index (κ2) is 5.35. The van der Waals surface area contributed by atoms with Crippen molar-refractivity contribution in [3.8, 4) is 11.1 Å². The molecule has 0 saturated heterocycles. The molecule has 0 bridgehead atoms. The molecule has 116 valence electrons. The maximum Gasteiger partial charge on any atom is 0.335 e. The van der Waals surface area contributed by atoms with Crippen molar-refractivity contribution in [1.82, 2.24) is 15.0 Å². The standard InChI is InChI=1S/C17H14ClN3O2/c18-15-13(11-3-5-12(6-4-11)17(22)23)7-8-14-16(15)19-20-21(14)9-10-1-2-10/h3-8,10H,1-2,9H2,(H,22,23). The van der Waals surface area contributed by atoms with E-state index in [2.05, 4.69) is 10.3 Å². The highest BCUT2D eigenvalue weighted by atomic mass is 35.5. The van der Waals surface area contributed by atoms with Crippen LogP contribution in [0.1, 0.15) is 23.2 Å². The third-order valence-electron chi connectivity index (χ3n) is 4.20. The monoisotopic (exact) mass is 327 g/mol. The van der Waals surface area contributed by atoms with Crippen molar-refractivity contribution in [2.45, 2.75) is 19.4 Å². The van der Waals surface area contributed by atoms with E-state index in [1.54, 1.807) is 24.3 Å². The zero-order valence-corrected chi connectivity index (χ0v) is 13.0. The first-order chi connectivity index (χ1) is 11.1. The molecule has 1 saturated carbocycles. The quantitative estimate of drug-likeness (QED) is 0.790. The molecule has 1 aliphatic rings. The minimum absolute atomic E-state index is 0.251. The van der Waals surface area contributed by atoms with Crippen molar-refractivity contribution < 1.29 is 9.90 Å². The predicted molar refractivity (Wildman–Crippen MR) is 87.7 cm³/mol. The maximum atomic E-state index is 10.9. The Morgan fingerprint density at radius 3 is 2.61 bits per heavy atom. The van der Waals surface area contributed by atoms with Gasteiger partial charge in [-0.3, -0.25) is 0 Å². The van der Waals surface area contributed by atoms with Crippen LogP contribution in [0, 0.1) is 5.92 Å². The van der Waals surface area contributed by atoms with Crippen LogP contribution in [0.3, 0.4) is 0 Å². The Morgan fingerprint density at radius 2 is 1.96 bits per heavy atom. The van der Waals surface area contributed by atoms with Crippen LogP contribution in [0.4, 0.5) is 0 Å². The lowest BCUT2D eigenvalue weighted by atomic mass is 10.0. The number of carboxylic acids is 1. The molecule has 1 aromatic heterocycles. The van der Waals surface area contributed by atoms with Gasteiger partial charge in [0.1, 0.15) is 5.52 Å². The van der Waals surface area contributed by atoms with Crippen molar-refractivity contribution in [2.75, 3.05) is 0 Å². The number of rotatable bonds is 4. The summed E-state index contributed by atoms with van der Waals surface area (Å²) in [5.74, 6) is -0.233. The topological polar surface area (TPSA) is 68.0 Å². The number of carboxylic acid groups (broad SMARTS) is 1. The fourth-order valence-corrected chi connectivity index (χ4v) is 3.01. The molecule has 6 heteroatoms. The summed E-state index contributed by atoms with van der Waals surface area (Å²) in [7, 11) is 0. The van der Waals surface area contributed by atoms with Crippen LogP contribution in [-0.4, -0.2) is 26.1 Å². The van der Waals surface area contributed by atoms with Gasteiger partial charge in [-0.25, -0.2) is 9.48 Å². The molecule has 1 N–H and O–H groups in total. The second-order valence-electron chi connectivity index (χ2n) is 5.89. The van der Waals surface area contributed by atoms with Gasteiger partial charge in [0.05, 0.1) is 16.1 Å². The molecule has 23 heavy (non-hydrogen) atoms. The van der Waals surface area contributed by atoms with E-state index in [-0.39, 0.29) is 5.56 Å². The van der Waals surface area contributed by atoms with E-state index in [1.165, 1.54) is 12.8 Å². The van der Waals surface area contributed by atoms with E-state index < -0.39 is 5.97 Å². The molecular weight excluding hydrogens is 314 g/mol.